The molecule has 2 aliphatic heterocycles. The predicted molar refractivity (Wildman–Crippen MR) is 116 cm³/mol. The highest BCUT2D eigenvalue weighted by molar-refractivity contribution is 5.98. The molecule has 3 rings (SSSR count). The fourth-order valence-corrected chi connectivity index (χ4v) is 4.12. The number of likely N-dealkylation sites (tertiary alicyclic amines) is 1. The molecule has 7 nitrogen and oxygen atoms in total. The third kappa shape index (κ3) is 5.07. The number of piperidine rings is 2. The molecule has 0 radical (unpaired) electrons. The summed E-state index contributed by atoms with van der Waals surface area (Å²) in [6.45, 7) is 3.25. The smallest absolute Gasteiger partial charge is 0.257 e. The van der Waals surface area contributed by atoms with Gasteiger partial charge in [-0.25, -0.2) is 4.98 Å². The van der Waals surface area contributed by atoms with Crippen molar-refractivity contribution in [2.75, 3.05) is 52.2 Å². The van der Waals surface area contributed by atoms with Crippen LogP contribution in [0.15, 0.2) is 18.3 Å². The SMILES string of the molecule is CNCCN1C(=O)CC[C@H]2CN(c3ncccc3C(=O)N(C)C)CC[C@H]21.Cl.Cl. The zero-order valence-electron chi connectivity index (χ0n) is 16.8. The van der Waals surface area contributed by atoms with Crippen molar-refractivity contribution in [3.8, 4) is 0 Å². The lowest BCUT2D eigenvalue weighted by atomic mass is 9.83. The van der Waals surface area contributed by atoms with E-state index in [2.05, 4.69) is 20.1 Å². The number of carbonyl (C=O) groups is 2. The Balaban J connectivity index is 0.00000196. The number of nitrogens with one attached hydrogen (secondary N) is 1. The van der Waals surface area contributed by atoms with Crippen LogP contribution >= 0.6 is 24.8 Å². The van der Waals surface area contributed by atoms with E-state index in [1.54, 1.807) is 25.2 Å². The van der Waals surface area contributed by atoms with Gasteiger partial charge in [0.1, 0.15) is 5.82 Å². The first-order chi connectivity index (χ1) is 12.5. The first-order valence-corrected chi connectivity index (χ1v) is 9.38. The number of hydrogen-bond donors (Lipinski definition) is 1. The molecule has 0 unspecified atom stereocenters. The highest BCUT2D eigenvalue weighted by atomic mass is 35.5. The molecule has 0 spiro atoms. The zero-order chi connectivity index (χ0) is 18.7. The summed E-state index contributed by atoms with van der Waals surface area (Å²) in [6.07, 6.45) is 4.20. The number of hydrogen-bond acceptors (Lipinski definition) is 5. The van der Waals surface area contributed by atoms with Gasteiger partial charge in [-0.1, -0.05) is 0 Å². The van der Waals surface area contributed by atoms with Gasteiger partial charge < -0.3 is 20.0 Å². The van der Waals surface area contributed by atoms with Crippen molar-refractivity contribution in [2.45, 2.75) is 25.3 Å². The summed E-state index contributed by atoms with van der Waals surface area (Å²) in [5.74, 6) is 1.45. The Bertz CT molecular complexity index is 673. The number of rotatable bonds is 5. The van der Waals surface area contributed by atoms with Gasteiger partial charge in [-0.2, -0.15) is 0 Å². The summed E-state index contributed by atoms with van der Waals surface area (Å²) in [5.41, 5.74) is 0.648. The van der Waals surface area contributed by atoms with E-state index in [0.29, 0.717) is 23.9 Å². The van der Waals surface area contributed by atoms with Crippen molar-refractivity contribution < 1.29 is 9.59 Å². The van der Waals surface area contributed by atoms with Crippen LogP contribution < -0.4 is 10.2 Å². The van der Waals surface area contributed by atoms with E-state index in [-0.39, 0.29) is 36.6 Å². The van der Waals surface area contributed by atoms with Crippen molar-refractivity contribution >= 4 is 42.4 Å². The molecule has 1 aromatic rings. The first kappa shape index (κ1) is 24.5. The molecule has 158 valence electrons. The van der Waals surface area contributed by atoms with Gasteiger partial charge in [0.25, 0.3) is 5.91 Å². The van der Waals surface area contributed by atoms with Crippen molar-refractivity contribution in [3.63, 3.8) is 0 Å². The Morgan fingerprint density at radius 2 is 2.07 bits per heavy atom. The molecule has 2 atom stereocenters. The van der Waals surface area contributed by atoms with Crippen LogP contribution in [0.1, 0.15) is 29.6 Å². The molecule has 0 bridgehead atoms. The van der Waals surface area contributed by atoms with Gasteiger partial charge in [0.2, 0.25) is 5.91 Å². The first-order valence-electron chi connectivity index (χ1n) is 9.38. The summed E-state index contributed by atoms with van der Waals surface area (Å²) < 4.78 is 0. The van der Waals surface area contributed by atoms with Gasteiger partial charge >= 0.3 is 0 Å². The molecular formula is C19H31Cl2N5O2. The molecule has 0 aromatic carbocycles. The largest absolute Gasteiger partial charge is 0.356 e. The lowest BCUT2D eigenvalue weighted by molar-refractivity contribution is -0.139. The summed E-state index contributed by atoms with van der Waals surface area (Å²) in [6, 6.07) is 3.96. The van der Waals surface area contributed by atoms with E-state index < -0.39 is 0 Å². The number of halogens is 2. The van der Waals surface area contributed by atoms with Crippen LogP contribution in [0.3, 0.4) is 0 Å². The Morgan fingerprint density at radius 3 is 2.75 bits per heavy atom. The minimum Gasteiger partial charge on any atom is -0.356 e. The normalized spacial score (nSPS) is 21.3. The molecule has 3 heterocycles. The van der Waals surface area contributed by atoms with Crippen LogP contribution in [-0.2, 0) is 4.79 Å². The maximum absolute atomic E-state index is 12.5. The number of anilines is 1. The van der Waals surface area contributed by atoms with Crippen molar-refractivity contribution in [1.29, 1.82) is 0 Å². The maximum Gasteiger partial charge on any atom is 0.257 e. The highest BCUT2D eigenvalue weighted by Crippen LogP contribution is 2.33. The molecule has 2 amide bonds. The molecule has 9 heteroatoms. The average molecular weight is 432 g/mol. The molecule has 0 aliphatic carbocycles. The standard InChI is InChI=1S/C19H29N5O2.2ClH/c1-20-10-12-24-16-8-11-23(13-14(16)6-7-17(24)25)18-15(5-4-9-21-18)19(26)22(2)3;;/h4-5,9,14,16,20H,6-8,10-13H2,1-3H3;2*1H/t14-,16+;;/m0../s1. The zero-order valence-corrected chi connectivity index (χ0v) is 18.4. The van der Waals surface area contributed by atoms with Crippen molar-refractivity contribution in [3.05, 3.63) is 23.9 Å². The predicted octanol–water partition coefficient (Wildman–Crippen LogP) is 1.66. The topological polar surface area (TPSA) is 68.8 Å². The number of pyridine rings is 1. The van der Waals surface area contributed by atoms with E-state index in [1.165, 1.54) is 0 Å². The number of nitrogens with zero attached hydrogens (tertiary/aromatic N) is 4. The quantitative estimate of drug-likeness (QED) is 0.767. The second-order valence-corrected chi connectivity index (χ2v) is 7.37. The number of amides is 2. The summed E-state index contributed by atoms with van der Waals surface area (Å²) in [5, 5.41) is 3.14. The average Bonchev–Trinajstić information content (AvgIpc) is 2.66. The van der Waals surface area contributed by atoms with Crippen LogP contribution in [-0.4, -0.2) is 80.0 Å². The fraction of sp³-hybridized carbons (Fsp3) is 0.632. The minimum absolute atomic E-state index is 0. The van der Waals surface area contributed by atoms with Gasteiger partial charge in [-0.05, 0) is 37.9 Å². The molecule has 28 heavy (non-hydrogen) atoms. The minimum atomic E-state index is -0.0234. The molecule has 2 fully saturated rings. The fourth-order valence-electron chi connectivity index (χ4n) is 4.12. The number of likely N-dealkylation sites (N-methyl/N-ethyl adjacent to an activating group) is 1. The van der Waals surface area contributed by atoms with Gasteiger partial charge in [0.05, 0.1) is 5.56 Å². The number of aromatic nitrogens is 1. The highest BCUT2D eigenvalue weighted by Gasteiger charge is 2.39. The lowest BCUT2D eigenvalue weighted by Crippen LogP contribution is -2.57. The molecule has 2 aliphatic rings. The van der Waals surface area contributed by atoms with Gasteiger partial charge in [-0.3, -0.25) is 9.59 Å². The molecule has 1 aromatic heterocycles. The van der Waals surface area contributed by atoms with Crippen LogP contribution in [0, 0.1) is 5.92 Å². The lowest BCUT2D eigenvalue weighted by Gasteiger charge is -2.47. The van der Waals surface area contributed by atoms with Crippen LogP contribution in [0.25, 0.3) is 0 Å². The summed E-state index contributed by atoms with van der Waals surface area (Å²) in [7, 11) is 5.44. The number of fused-ring (bicyclic) bond motifs is 1. The van der Waals surface area contributed by atoms with Crippen LogP contribution in [0.5, 0.6) is 0 Å². The van der Waals surface area contributed by atoms with E-state index in [4.69, 9.17) is 0 Å². The number of carbonyl (C=O) groups excluding carboxylic acids is 2. The van der Waals surface area contributed by atoms with E-state index in [0.717, 1.165) is 44.8 Å². The van der Waals surface area contributed by atoms with E-state index in [9.17, 15) is 9.59 Å². The maximum atomic E-state index is 12.5. The Labute approximate surface area is 179 Å². The third-order valence-electron chi connectivity index (χ3n) is 5.47. The summed E-state index contributed by atoms with van der Waals surface area (Å²) in [4.78, 5) is 35.2. The second kappa shape index (κ2) is 10.8. The van der Waals surface area contributed by atoms with Gasteiger partial charge in [-0.15, -0.1) is 24.8 Å². The molecule has 1 N–H and O–H groups in total. The van der Waals surface area contributed by atoms with Crippen molar-refractivity contribution in [1.82, 2.24) is 20.1 Å². The van der Waals surface area contributed by atoms with Crippen LogP contribution in [0.2, 0.25) is 0 Å². The Hall–Kier alpha value is -1.57. The van der Waals surface area contributed by atoms with E-state index in [1.807, 2.05) is 19.2 Å². The third-order valence-corrected chi connectivity index (χ3v) is 5.47. The Morgan fingerprint density at radius 1 is 1.32 bits per heavy atom. The monoisotopic (exact) mass is 431 g/mol. The van der Waals surface area contributed by atoms with Crippen LogP contribution in [0.4, 0.5) is 5.82 Å². The molecule has 0 saturated carbocycles. The van der Waals surface area contributed by atoms with Crippen molar-refractivity contribution in [2.24, 2.45) is 5.92 Å². The summed E-state index contributed by atoms with van der Waals surface area (Å²) >= 11 is 0. The van der Waals surface area contributed by atoms with E-state index >= 15 is 0 Å². The second-order valence-electron chi connectivity index (χ2n) is 7.37. The Kier molecular flexibility index (Phi) is 9.47. The molecular weight excluding hydrogens is 401 g/mol. The van der Waals surface area contributed by atoms with Gasteiger partial charge in [0, 0.05) is 58.9 Å². The molecule has 2 saturated heterocycles. The van der Waals surface area contributed by atoms with Gasteiger partial charge in [0.15, 0.2) is 0 Å².